The number of fused-ring (bicyclic) bond motifs is 1. The van der Waals surface area contributed by atoms with Crippen LogP contribution in [0.4, 0.5) is 10.5 Å². The summed E-state index contributed by atoms with van der Waals surface area (Å²) in [4.78, 5) is 36.6. The highest BCUT2D eigenvalue weighted by Gasteiger charge is 2.34. The first kappa shape index (κ1) is 13.8. The van der Waals surface area contributed by atoms with E-state index in [-0.39, 0.29) is 16.9 Å². The largest absolute Gasteiger partial charge is 0.419 e. The van der Waals surface area contributed by atoms with Gasteiger partial charge in [0.2, 0.25) is 0 Å². The third-order valence-electron chi connectivity index (χ3n) is 3.25. The molecule has 1 amide bonds. The molecule has 2 aromatic rings. The van der Waals surface area contributed by atoms with E-state index in [1.165, 1.54) is 23.1 Å². The van der Waals surface area contributed by atoms with Gasteiger partial charge in [0.1, 0.15) is 11.3 Å². The maximum absolute atomic E-state index is 12.2. The van der Waals surface area contributed by atoms with Crippen LogP contribution in [0.1, 0.15) is 20.7 Å². The van der Waals surface area contributed by atoms with Crippen LogP contribution in [-0.4, -0.2) is 25.1 Å². The van der Waals surface area contributed by atoms with Gasteiger partial charge < -0.3 is 9.47 Å². The molecule has 0 radical (unpaired) electrons. The lowest BCUT2D eigenvalue weighted by Gasteiger charge is -2.17. The van der Waals surface area contributed by atoms with Crippen molar-refractivity contribution in [2.75, 3.05) is 11.9 Å². The second-order valence-corrected chi connectivity index (χ2v) is 4.62. The van der Waals surface area contributed by atoms with Crippen molar-refractivity contribution in [3.8, 4) is 5.75 Å². The molecular weight excluding hydrogens is 286 g/mol. The molecule has 6 heteroatoms. The Balaban J connectivity index is 1.87. The van der Waals surface area contributed by atoms with Crippen molar-refractivity contribution >= 4 is 23.7 Å². The van der Waals surface area contributed by atoms with Gasteiger partial charge in [0.05, 0.1) is 5.56 Å². The highest BCUT2D eigenvalue weighted by atomic mass is 16.6. The fourth-order valence-corrected chi connectivity index (χ4v) is 2.11. The zero-order valence-corrected chi connectivity index (χ0v) is 11.6. The summed E-state index contributed by atoms with van der Waals surface area (Å²) in [5.74, 6) is -1.55. The van der Waals surface area contributed by atoms with Crippen LogP contribution in [0, 0.1) is 0 Å². The molecule has 22 heavy (non-hydrogen) atoms. The molecule has 2 aromatic carbocycles. The van der Waals surface area contributed by atoms with Crippen LogP contribution in [0.5, 0.6) is 5.75 Å². The third kappa shape index (κ3) is 2.31. The van der Waals surface area contributed by atoms with E-state index in [4.69, 9.17) is 4.74 Å². The molecule has 0 saturated heterocycles. The molecule has 6 nitrogen and oxygen atoms in total. The number of ether oxygens (including phenoxy) is 2. The van der Waals surface area contributed by atoms with Crippen molar-refractivity contribution in [1.29, 1.82) is 0 Å². The highest BCUT2D eigenvalue weighted by molar-refractivity contribution is 6.16. The van der Waals surface area contributed by atoms with Crippen molar-refractivity contribution < 1.29 is 23.9 Å². The summed E-state index contributed by atoms with van der Waals surface area (Å²) in [6, 6.07) is 13.3. The monoisotopic (exact) mass is 297 g/mol. The molecule has 0 fully saturated rings. The maximum Gasteiger partial charge on any atom is 0.419 e. The Hall–Kier alpha value is -3.15. The normalized spacial score (nSPS) is 12.6. The third-order valence-corrected chi connectivity index (χ3v) is 3.25. The number of carbonyl (C=O) groups excluding carboxylic acids is 3. The average Bonchev–Trinajstić information content (AvgIpc) is 2.83. The van der Waals surface area contributed by atoms with Gasteiger partial charge in [-0.05, 0) is 24.3 Å². The molecule has 3 rings (SSSR count). The molecule has 0 atom stereocenters. The lowest BCUT2D eigenvalue weighted by molar-refractivity contribution is 0.0443. The zero-order valence-electron chi connectivity index (χ0n) is 11.6. The number of nitrogens with zero attached hydrogens (tertiary/aromatic N) is 1. The van der Waals surface area contributed by atoms with Crippen molar-refractivity contribution in [3.05, 3.63) is 59.7 Å². The standard InChI is InChI=1S/C16H11NO5/c1-17(10-6-3-2-4-7-10)16(20)21-12-9-5-8-11-13(12)15(19)22-14(11)18/h2-9H,1H3. The smallest absolute Gasteiger partial charge is 0.409 e. The molecule has 0 unspecified atom stereocenters. The average molecular weight is 297 g/mol. The molecule has 1 aliphatic rings. The van der Waals surface area contributed by atoms with E-state index in [1.807, 2.05) is 6.07 Å². The van der Waals surface area contributed by atoms with Crippen molar-refractivity contribution in [2.45, 2.75) is 0 Å². The summed E-state index contributed by atoms with van der Waals surface area (Å²) in [5.41, 5.74) is 0.707. The van der Waals surface area contributed by atoms with Gasteiger partial charge in [0, 0.05) is 12.7 Å². The van der Waals surface area contributed by atoms with Crippen LogP contribution in [0.25, 0.3) is 0 Å². The molecule has 0 aliphatic carbocycles. The Labute approximate surface area is 125 Å². The van der Waals surface area contributed by atoms with Crippen molar-refractivity contribution in [2.24, 2.45) is 0 Å². The van der Waals surface area contributed by atoms with E-state index in [0.29, 0.717) is 5.69 Å². The number of carbonyl (C=O) groups is 3. The summed E-state index contributed by atoms with van der Waals surface area (Å²) in [5, 5.41) is 0. The van der Waals surface area contributed by atoms with Crippen LogP contribution in [0.15, 0.2) is 48.5 Å². The first-order valence-electron chi connectivity index (χ1n) is 6.48. The van der Waals surface area contributed by atoms with Crippen LogP contribution in [-0.2, 0) is 4.74 Å². The molecule has 110 valence electrons. The van der Waals surface area contributed by atoms with Gasteiger partial charge >= 0.3 is 18.0 Å². The number of esters is 2. The molecule has 0 bridgehead atoms. The Morgan fingerprint density at radius 2 is 1.73 bits per heavy atom. The molecular formula is C16H11NO5. The van der Waals surface area contributed by atoms with Gasteiger partial charge in [-0.1, -0.05) is 24.3 Å². The minimum absolute atomic E-state index is 0.00105. The van der Waals surface area contributed by atoms with Gasteiger partial charge in [0.25, 0.3) is 0 Å². The Bertz CT molecular complexity index is 769. The van der Waals surface area contributed by atoms with Gasteiger partial charge in [-0.25, -0.2) is 14.4 Å². The Morgan fingerprint density at radius 1 is 1.00 bits per heavy atom. The molecule has 1 aliphatic heterocycles. The predicted molar refractivity (Wildman–Crippen MR) is 77.1 cm³/mol. The maximum atomic E-state index is 12.2. The summed E-state index contributed by atoms with van der Waals surface area (Å²) >= 11 is 0. The van der Waals surface area contributed by atoms with E-state index in [9.17, 15) is 14.4 Å². The molecule has 0 spiro atoms. The first-order valence-corrected chi connectivity index (χ1v) is 6.48. The predicted octanol–water partition coefficient (Wildman–Crippen LogP) is 2.63. The topological polar surface area (TPSA) is 72.9 Å². The number of hydrogen-bond acceptors (Lipinski definition) is 5. The fourth-order valence-electron chi connectivity index (χ4n) is 2.11. The SMILES string of the molecule is CN(C(=O)Oc1cccc2c1C(=O)OC2=O)c1ccccc1. The molecule has 0 saturated carbocycles. The Morgan fingerprint density at radius 3 is 2.45 bits per heavy atom. The van der Waals surface area contributed by atoms with Gasteiger partial charge in [0.15, 0.2) is 0 Å². The van der Waals surface area contributed by atoms with Crippen LogP contribution >= 0.6 is 0 Å². The van der Waals surface area contributed by atoms with Crippen molar-refractivity contribution in [3.63, 3.8) is 0 Å². The minimum atomic E-state index is -0.814. The Kier molecular flexibility index (Phi) is 3.34. The summed E-state index contributed by atoms with van der Waals surface area (Å²) < 4.78 is 9.74. The highest BCUT2D eigenvalue weighted by Crippen LogP contribution is 2.29. The molecule has 1 heterocycles. The van der Waals surface area contributed by atoms with Crippen LogP contribution in [0.3, 0.4) is 0 Å². The van der Waals surface area contributed by atoms with E-state index in [0.717, 1.165) is 0 Å². The van der Waals surface area contributed by atoms with E-state index in [2.05, 4.69) is 4.74 Å². The minimum Gasteiger partial charge on any atom is -0.409 e. The van der Waals surface area contributed by atoms with E-state index < -0.39 is 18.0 Å². The van der Waals surface area contributed by atoms with E-state index >= 15 is 0 Å². The number of benzene rings is 2. The molecule has 0 N–H and O–H groups in total. The lowest BCUT2D eigenvalue weighted by atomic mass is 10.1. The number of cyclic esters (lactones) is 2. The van der Waals surface area contributed by atoms with Crippen LogP contribution in [0.2, 0.25) is 0 Å². The lowest BCUT2D eigenvalue weighted by Crippen LogP contribution is -2.29. The summed E-state index contributed by atoms with van der Waals surface area (Å²) in [6.07, 6.45) is -0.674. The van der Waals surface area contributed by atoms with Gasteiger partial charge in [-0.3, -0.25) is 4.90 Å². The molecule has 0 aromatic heterocycles. The summed E-state index contributed by atoms with van der Waals surface area (Å²) in [7, 11) is 1.55. The fraction of sp³-hybridized carbons (Fsp3) is 0.0625. The number of amides is 1. The van der Waals surface area contributed by atoms with Gasteiger partial charge in [-0.2, -0.15) is 0 Å². The number of hydrogen-bond donors (Lipinski definition) is 0. The van der Waals surface area contributed by atoms with Gasteiger partial charge in [-0.15, -0.1) is 0 Å². The second kappa shape index (κ2) is 5.33. The number of anilines is 1. The second-order valence-electron chi connectivity index (χ2n) is 4.62. The summed E-state index contributed by atoms with van der Waals surface area (Å²) in [6.45, 7) is 0. The number of para-hydroxylation sites is 1. The van der Waals surface area contributed by atoms with E-state index in [1.54, 1.807) is 31.3 Å². The van der Waals surface area contributed by atoms with Crippen molar-refractivity contribution in [1.82, 2.24) is 0 Å². The zero-order chi connectivity index (χ0) is 15.7. The quantitative estimate of drug-likeness (QED) is 0.629. The first-order chi connectivity index (χ1) is 10.6. The number of rotatable bonds is 2. The van der Waals surface area contributed by atoms with Crippen LogP contribution < -0.4 is 9.64 Å².